The molecule has 1 heterocycles. The molecular formula is C10H17N3O4S. The summed E-state index contributed by atoms with van der Waals surface area (Å²) in [4.78, 5) is 11.6. The van der Waals surface area contributed by atoms with Crippen LogP contribution < -0.4 is 15.8 Å². The number of sulfonamides is 1. The van der Waals surface area contributed by atoms with Gasteiger partial charge in [-0.2, -0.15) is 0 Å². The van der Waals surface area contributed by atoms with Gasteiger partial charge in [-0.05, 0) is 32.5 Å². The highest BCUT2D eigenvalue weighted by molar-refractivity contribution is 7.89. The van der Waals surface area contributed by atoms with Crippen molar-refractivity contribution in [3.63, 3.8) is 0 Å². The third-order valence-electron chi connectivity index (χ3n) is 2.22. The summed E-state index contributed by atoms with van der Waals surface area (Å²) in [5.74, 6) is -0.512. The first-order valence-corrected chi connectivity index (χ1v) is 6.92. The Kier molecular flexibility index (Phi) is 4.88. The summed E-state index contributed by atoms with van der Waals surface area (Å²) in [5.41, 5.74) is 5.53. The summed E-state index contributed by atoms with van der Waals surface area (Å²) in [5, 5.41) is 2.30. The summed E-state index contributed by atoms with van der Waals surface area (Å²) >= 11 is 0. The lowest BCUT2D eigenvalue weighted by Gasteiger charge is -2.05. The third-order valence-corrected chi connectivity index (χ3v) is 3.51. The molecule has 1 atom stereocenters. The Balaban J connectivity index is 2.66. The van der Waals surface area contributed by atoms with E-state index in [-0.39, 0.29) is 16.9 Å². The number of nitrogens with one attached hydrogen (secondary N) is 2. The highest BCUT2D eigenvalue weighted by atomic mass is 32.2. The molecule has 0 aliphatic carbocycles. The van der Waals surface area contributed by atoms with Crippen molar-refractivity contribution in [2.75, 3.05) is 13.6 Å². The molecule has 18 heavy (non-hydrogen) atoms. The minimum atomic E-state index is -3.66. The molecule has 102 valence electrons. The lowest BCUT2D eigenvalue weighted by Crippen LogP contribution is -2.28. The van der Waals surface area contributed by atoms with Crippen LogP contribution in [0, 0.1) is 0 Å². The number of carbonyl (C=O) groups is 1. The van der Waals surface area contributed by atoms with E-state index in [0.29, 0.717) is 13.0 Å². The maximum atomic E-state index is 11.6. The monoisotopic (exact) mass is 275 g/mol. The predicted molar refractivity (Wildman–Crippen MR) is 65.6 cm³/mol. The highest BCUT2D eigenvalue weighted by Crippen LogP contribution is 2.13. The molecule has 1 rings (SSSR count). The molecule has 0 saturated carbocycles. The number of hydrogen-bond acceptors (Lipinski definition) is 5. The van der Waals surface area contributed by atoms with Crippen molar-refractivity contribution in [3.8, 4) is 0 Å². The molecule has 0 bridgehead atoms. The molecule has 1 unspecified atom stereocenters. The van der Waals surface area contributed by atoms with E-state index in [1.165, 1.54) is 19.2 Å². The summed E-state index contributed by atoms with van der Waals surface area (Å²) in [7, 11) is -2.40. The van der Waals surface area contributed by atoms with Crippen molar-refractivity contribution in [2.45, 2.75) is 24.5 Å². The van der Waals surface area contributed by atoms with E-state index in [0.717, 1.165) is 0 Å². The largest absolute Gasteiger partial charge is 0.438 e. The van der Waals surface area contributed by atoms with Gasteiger partial charge in [-0.25, -0.2) is 13.1 Å². The summed E-state index contributed by atoms with van der Waals surface area (Å²) in [6.07, 6.45) is 0.633. The van der Waals surface area contributed by atoms with E-state index in [2.05, 4.69) is 10.0 Å². The molecular weight excluding hydrogens is 258 g/mol. The molecule has 8 heteroatoms. The van der Waals surface area contributed by atoms with E-state index >= 15 is 0 Å². The van der Waals surface area contributed by atoms with Crippen molar-refractivity contribution in [1.82, 2.24) is 10.0 Å². The second-order valence-corrected chi connectivity index (χ2v) is 5.67. The molecule has 4 N–H and O–H groups in total. The Labute approximate surface area is 106 Å². The average molecular weight is 275 g/mol. The van der Waals surface area contributed by atoms with Gasteiger partial charge in [0, 0.05) is 12.6 Å². The molecule has 1 aromatic rings. The molecule has 0 fully saturated rings. The van der Waals surface area contributed by atoms with Gasteiger partial charge in [-0.15, -0.1) is 0 Å². The highest BCUT2D eigenvalue weighted by Gasteiger charge is 2.19. The first-order valence-electron chi connectivity index (χ1n) is 5.44. The summed E-state index contributed by atoms with van der Waals surface area (Å²) in [6, 6.07) is 2.53. The maximum absolute atomic E-state index is 11.6. The zero-order valence-corrected chi connectivity index (χ0v) is 11.1. The van der Waals surface area contributed by atoms with Crippen LogP contribution in [0.15, 0.2) is 21.6 Å². The molecule has 1 aromatic heterocycles. The topological polar surface area (TPSA) is 114 Å². The number of nitrogens with two attached hydrogens (primary N) is 1. The third kappa shape index (κ3) is 3.83. The van der Waals surface area contributed by atoms with Gasteiger partial charge in [0.2, 0.25) is 5.09 Å². The van der Waals surface area contributed by atoms with Crippen molar-refractivity contribution in [3.05, 3.63) is 17.9 Å². The number of rotatable bonds is 6. The molecule has 1 amide bonds. The van der Waals surface area contributed by atoms with Gasteiger partial charge in [0.15, 0.2) is 5.76 Å². The van der Waals surface area contributed by atoms with Gasteiger partial charge >= 0.3 is 0 Å². The fraction of sp³-hybridized carbons (Fsp3) is 0.500. The van der Waals surface area contributed by atoms with Gasteiger partial charge < -0.3 is 15.5 Å². The fourth-order valence-electron chi connectivity index (χ4n) is 1.19. The Bertz CT molecular complexity index is 507. The van der Waals surface area contributed by atoms with Crippen LogP contribution in [0.2, 0.25) is 0 Å². The van der Waals surface area contributed by atoms with Crippen LogP contribution in [0.5, 0.6) is 0 Å². The normalized spacial score (nSPS) is 13.3. The zero-order valence-electron chi connectivity index (χ0n) is 10.3. The van der Waals surface area contributed by atoms with Crippen LogP contribution in [0.4, 0.5) is 0 Å². The lowest BCUT2D eigenvalue weighted by atomic mass is 10.2. The molecule has 0 aliphatic rings. The predicted octanol–water partition coefficient (Wildman–Crippen LogP) is -0.345. The zero-order chi connectivity index (χ0) is 13.8. The van der Waals surface area contributed by atoms with Crippen LogP contribution in [-0.4, -0.2) is 34.0 Å². The van der Waals surface area contributed by atoms with E-state index in [9.17, 15) is 13.2 Å². The second kappa shape index (κ2) is 5.98. The minimum Gasteiger partial charge on any atom is -0.438 e. The van der Waals surface area contributed by atoms with Crippen molar-refractivity contribution < 1.29 is 17.6 Å². The molecule has 0 radical (unpaired) electrons. The van der Waals surface area contributed by atoms with E-state index in [4.69, 9.17) is 10.2 Å². The standard InChI is InChI=1S/C10H17N3O4S/c1-7(11)5-6-13-10(14)8-3-4-9(17-8)18(15,16)12-2/h3-4,7,12H,5-6,11H2,1-2H3,(H,13,14). The second-order valence-electron chi connectivity index (χ2n) is 3.85. The van der Waals surface area contributed by atoms with Gasteiger partial charge in [-0.3, -0.25) is 4.79 Å². The molecule has 7 nitrogen and oxygen atoms in total. The number of hydrogen-bond donors (Lipinski definition) is 3. The van der Waals surface area contributed by atoms with Crippen LogP contribution in [0.1, 0.15) is 23.9 Å². The maximum Gasteiger partial charge on any atom is 0.287 e. The van der Waals surface area contributed by atoms with Gasteiger partial charge in [0.25, 0.3) is 15.9 Å². The van der Waals surface area contributed by atoms with Gasteiger partial charge in [0.05, 0.1) is 0 Å². The minimum absolute atomic E-state index is 0.0119. The van der Waals surface area contributed by atoms with Gasteiger partial charge in [0.1, 0.15) is 0 Å². The number of carbonyl (C=O) groups excluding carboxylic acids is 1. The smallest absolute Gasteiger partial charge is 0.287 e. The van der Waals surface area contributed by atoms with E-state index in [1.54, 1.807) is 0 Å². The first-order chi connectivity index (χ1) is 8.36. The molecule has 0 aliphatic heterocycles. The molecule has 0 aromatic carbocycles. The van der Waals surface area contributed by atoms with Crippen molar-refractivity contribution in [2.24, 2.45) is 5.73 Å². The van der Waals surface area contributed by atoms with Crippen LogP contribution >= 0.6 is 0 Å². The fourth-order valence-corrected chi connectivity index (χ4v) is 1.84. The lowest BCUT2D eigenvalue weighted by molar-refractivity contribution is 0.0919. The molecule has 0 spiro atoms. The SMILES string of the molecule is CNS(=O)(=O)c1ccc(C(=O)NCCC(C)N)o1. The first kappa shape index (κ1) is 14.7. The van der Waals surface area contributed by atoms with E-state index in [1.807, 2.05) is 6.92 Å². The Morgan fingerprint density at radius 2 is 2.17 bits per heavy atom. The quantitative estimate of drug-likeness (QED) is 0.656. The van der Waals surface area contributed by atoms with Gasteiger partial charge in [-0.1, -0.05) is 0 Å². The van der Waals surface area contributed by atoms with E-state index < -0.39 is 15.9 Å². The summed E-state index contributed by atoms with van der Waals surface area (Å²) in [6.45, 7) is 2.24. The number of furan rings is 1. The van der Waals surface area contributed by atoms with Crippen LogP contribution in [-0.2, 0) is 10.0 Å². The molecule has 0 saturated heterocycles. The number of amides is 1. The Morgan fingerprint density at radius 3 is 2.72 bits per heavy atom. The summed E-state index contributed by atoms with van der Waals surface area (Å²) < 4.78 is 29.8. The van der Waals surface area contributed by atoms with Crippen LogP contribution in [0.25, 0.3) is 0 Å². The van der Waals surface area contributed by atoms with Crippen molar-refractivity contribution in [1.29, 1.82) is 0 Å². The average Bonchev–Trinajstić information content (AvgIpc) is 2.78. The Morgan fingerprint density at radius 1 is 1.50 bits per heavy atom. The van der Waals surface area contributed by atoms with Crippen LogP contribution in [0.3, 0.4) is 0 Å². The van der Waals surface area contributed by atoms with Crippen molar-refractivity contribution >= 4 is 15.9 Å². The Hall–Kier alpha value is -1.38.